The van der Waals surface area contributed by atoms with E-state index in [-0.39, 0.29) is 18.2 Å². The lowest BCUT2D eigenvalue weighted by Crippen LogP contribution is -2.07. The SMILES string of the molecule is CCCCCCCCCCCCCCOC(=O)CCC(C)=O. The van der Waals surface area contributed by atoms with Crippen molar-refractivity contribution in [3.05, 3.63) is 0 Å². The zero-order valence-electron chi connectivity index (χ0n) is 14.8. The molecule has 3 heteroatoms. The lowest BCUT2D eigenvalue weighted by atomic mass is 10.1. The van der Waals surface area contributed by atoms with Gasteiger partial charge in [0.15, 0.2) is 0 Å². The molecule has 0 aliphatic rings. The molecule has 0 fully saturated rings. The molecule has 130 valence electrons. The van der Waals surface area contributed by atoms with Crippen molar-refractivity contribution >= 4 is 11.8 Å². The van der Waals surface area contributed by atoms with Crippen LogP contribution in [-0.4, -0.2) is 18.4 Å². The molecule has 0 radical (unpaired) electrons. The number of ether oxygens (including phenoxy) is 1. The standard InChI is InChI=1S/C19H36O3/c1-3-4-5-6-7-8-9-10-11-12-13-14-17-22-19(21)16-15-18(2)20/h3-17H2,1-2H3. The first-order chi connectivity index (χ1) is 10.7. The van der Waals surface area contributed by atoms with Crippen molar-refractivity contribution < 1.29 is 14.3 Å². The maximum absolute atomic E-state index is 11.3. The molecule has 0 N–H and O–H groups in total. The number of hydrogen-bond donors (Lipinski definition) is 0. The summed E-state index contributed by atoms with van der Waals surface area (Å²) in [6.07, 6.45) is 16.2. The van der Waals surface area contributed by atoms with E-state index >= 15 is 0 Å². The number of esters is 1. The summed E-state index contributed by atoms with van der Waals surface area (Å²) in [5, 5.41) is 0. The molecule has 0 aliphatic carbocycles. The van der Waals surface area contributed by atoms with Crippen molar-refractivity contribution in [3.63, 3.8) is 0 Å². The van der Waals surface area contributed by atoms with Crippen LogP contribution in [0.3, 0.4) is 0 Å². The van der Waals surface area contributed by atoms with Gasteiger partial charge in [-0.05, 0) is 13.3 Å². The molecule has 0 aliphatic heterocycles. The van der Waals surface area contributed by atoms with Gasteiger partial charge in [0.1, 0.15) is 5.78 Å². The van der Waals surface area contributed by atoms with Crippen molar-refractivity contribution in [2.75, 3.05) is 6.61 Å². The highest BCUT2D eigenvalue weighted by Crippen LogP contribution is 2.11. The highest BCUT2D eigenvalue weighted by Gasteiger charge is 2.04. The largest absolute Gasteiger partial charge is 0.466 e. The minimum absolute atomic E-state index is 0.0438. The Labute approximate surface area is 137 Å². The molecule has 0 amide bonds. The Hall–Kier alpha value is -0.860. The lowest BCUT2D eigenvalue weighted by Gasteiger charge is -2.04. The Bertz CT molecular complexity index is 274. The number of rotatable bonds is 16. The number of unbranched alkanes of at least 4 members (excludes halogenated alkanes) is 11. The van der Waals surface area contributed by atoms with Crippen LogP contribution in [0.1, 0.15) is 104 Å². The molecule has 0 unspecified atom stereocenters. The van der Waals surface area contributed by atoms with Crippen LogP contribution in [0.4, 0.5) is 0 Å². The van der Waals surface area contributed by atoms with E-state index in [1.807, 2.05) is 0 Å². The van der Waals surface area contributed by atoms with Gasteiger partial charge in [0, 0.05) is 6.42 Å². The van der Waals surface area contributed by atoms with Crippen molar-refractivity contribution in [2.24, 2.45) is 0 Å². The maximum Gasteiger partial charge on any atom is 0.306 e. The minimum Gasteiger partial charge on any atom is -0.466 e. The topological polar surface area (TPSA) is 43.4 Å². The molecule has 0 spiro atoms. The first-order valence-electron chi connectivity index (χ1n) is 9.32. The van der Waals surface area contributed by atoms with Crippen LogP contribution in [-0.2, 0) is 14.3 Å². The second-order valence-electron chi connectivity index (χ2n) is 6.31. The van der Waals surface area contributed by atoms with Crippen LogP contribution in [0.2, 0.25) is 0 Å². The van der Waals surface area contributed by atoms with E-state index in [4.69, 9.17) is 4.74 Å². The minimum atomic E-state index is -0.238. The Kier molecular flexibility index (Phi) is 15.9. The van der Waals surface area contributed by atoms with E-state index < -0.39 is 0 Å². The Balaban J connectivity index is 3.11. The van der Waals surface area contributed by atoms with Gasteiger partial charge >= 0.3 is 5.97 Å². The molecule has 0 saturated heterocycles. The molecule has 0 heterocycles. The third-order valence-corrected chi connectivity index (χ3v) is 3.94. The van der Waals surface area contributed by atoms with Crippen LogP contribution in [0, 0.1) is 0 Å². The van der Waals surface area contributed by atoms with Crippen molar-refractivity contribution in [2.45, 2.75) is 104 Å². The highest BCUT2D eigenvalue weighted by molar-refractivity contribution is 5.80. The average molecular weight is 312 g/mol. The van der Waals surface area contributed by atoms with Crippen molar-refractivity contribution in [1.82, 2.24) is 0 Å². The second-order valence-corrected chi connectivity index (χ2v) is 6.31. The summed E-state index contributed by atoms with van der Waals surface area (Å²) in [6.45, 7) is 4.26. The van der Waals surface area contributed by atoms with Gasteiger partial charge in [0.2, 0.25) is 0 Å². The monoisotopic (exact) mass is 312 g/mol. The quantitative estimate of drug-likeness (QED) is 0.275. The molecule has 0 atom stereocenters. The molecule has 0 rings (SSSR count). The number of carbonyl (C=O) groups excluding carboxylic acids is 2. The summed E-state index contributed by atoms with van der Waals surface area (Å²) in [7, 11) is 0. The van der Waals surface area contributed by atoms with Crippen molar-refractivity contribution in [3.8, 4) is 0 Å². The second kappa shape index (κ2) is 16.5. The summed E-state index contributed by atoms with van der Waals surface area (Å²) in [4.78, 5) is 22.0. The van der Waals surface area contributed by atoms with Gasteiger partial charge in [-0.25, -0.2) is 0 Å². The summed E-state index contributed by atoms with van der Waals surface area (Å²) < 4.78 is 5.09. The van der Waals surface area contributed by atoms with E-state index in [0.29, 0.717) is 13.0 Å². The maximum atomic E-state index is 11.3. The summed E-state index contributed by atoms with van der Waals surface area (Å²) in [5.74, 6) is -0.194. The molecule has 0 bridgehead atoms. The van der Waals surface area contributed by atoms with Gasteiger partial charge in [0.05, 0.1) is 13.0 Å². The number of ketones is 1. The highest BCUT2D eigenvalue weighted by atomic mass is 16.5. The van der Waals surface area contributed by atoms with Gasteiger partial charge in [-0.2, -0.15) is 0 Å². The third kappa shape index (κ3) is 17.2. The average Bonchev–Trinajstić information content (AvgIpc) is 2.49. The number of Topliss-reactive ketones (excluding diaryl/α,β-unsaturated/α-hetero) is 1. The molecule has 0 aromatic heterocycles. The molecule has 22 heavy (non-hydrogen) atoms. The van der Waals surface area contributed by atoms with Gasteiger partial charge in [0.25, 0.3) is 0 Å². The van der Waals surface area contributed by atoms with Crippen molar-refractivity contribution in [1.29, 1.82) is 0 Å². The normalized spacial score (nSPS) is 10.6. The van der Waals surface area contributed by atoms with E-state index in [1.54, 1.807) is 0 Å². The van der Waals surface area contributed by atoms with E-state index in [9.17, 15) is 9.59 Å². The van der Waals surface area contributed by atoms with E-state index in [0.717, 1.165) is 12.8 Å². The molecule has 0 saturated carbocycles. The third-order valence-electron chi connectivity index (χ3n) is 3.94. The first kappa shape index (κ1) is 21.1. The van der Waals surface area contributed by atoms with Crippen LogP contribution in [0.5, 0.6) is 0 Å². The Morgan fingerprint density at radius 3 is 1.59 bits per heavy atom. The van der Waals surface area contributed by atoms with Gasteiger partial charge in [-0.1, -0.05) is 77.6 Å². The molecule has 0 aromatic carbocycles. The summed E-state index contributed by atoms with van der Waals surface area (Å²) in [5.41, 5.74) is 0. The van der Waals surface area contributed by atoms with Crippen LogP contribution < -0.4 is 0 Å². The van der Waals surface area contributed by atoms with Crippen LogP contribution >= 0.6 is 0 Å². The fourth-order valence-corrected chi connectivity index (χ4v) is 2.48. The molecular weight excluding hydrogens is 276 g/mol. The lowest BCUT2D eigenvalue weighted by molar-refractivity contribution is -0.144. The fourth-order valence-electron chi connectivity index (χ4n) is 2.48. The Morgan fingerprint density at radius 2 is 1.14 bits per heavy atom. The summed E-state index contributed by atoms with van der Waals surface area (Å²) >= 11 is 0. The van der Waals surface area contributed by atoms with Crippen LogP contribution in [0.25, 0.3) is 0 Å². The van der Waals surface area contributed by atoms with Crippen LogP contribution in [0.15, 0.2) is 0 Å². The zero-order chi connectivity index (χ0) is 16.5. The molecule has 0 aromatic rings. The number of hydrogen-bond acceptors (Lipinski definition) is 3. The summed E-state index contributed by atoms with van der Waals surface area (Å²) in [6, 6.07) is 0. The number of carbonyl (C=O) groups is 2. The van der Waals surface area contributed by atoms with Gasteiger partial charge in [-0.3, -0.25) is 4.79 Å². The predicted molar refractivity (Wildman–Crippen MR) is 92.0 cm³/mol. The predicted octanol–water partition coefficient (Wildman–Crippen LogP) is 5.60. The fraction of sp³-hybridized carbons (Fsp3) is 0.895. The molecule has 3 nitrogen and oxygen atoms in total. The molecular formula is C19H36O3. The first-order valence-corrected chi connectivity index (χ1v) is 9.32. The van der Waals surface area contributed by atoms with E-state index in [1.165, 1.54) is 71.1 Å². The van der Waals surface area contributed by atoms with Gasteiger partial charge in [-0.15, -0.1) is 0 Å². The smallest absolute Gasteiger partial charge is 0.306 e. The van der Waals surface area contributed by atoms with E-state index in [2.05, 4.69) is 6.92 Å². The van der Waals surface area contributed by atoms with Gasteiger partial charge < -0.3 is 9.53 Å². The zero-order valence-corrected chi connectivity index (χ0v) is 14.8. The Morgan fingerprint density at radius 1 is 0.682 bits per heavy atom.